The Balaban J connectivity index is 3.82. The summed E-state index contributed by atoms with van der Waals surface area (Å²) in [6.45, 7) is 0.459. The van der Waals surface area contributed by atoms with Crippen LogP contribution in [-0.2, 0) is 19.1 Å². The van der Waals surface area contributed by atoms with Crippen molar-refractivity contribution >= 4 is 17.9 Å². The van der Waals surface area contributed by atoms with Gasteiger partial charge in [-0.1, -0.05) is 43.6 Å². The van der Waals surface area contributed by atoms with E-state index >= 15 is 0 Å². The third-order valence-corrected chi connectivity index (χ3v) is 4.33. The number of rotatable bonds is 18. The number of carbonyl (C=O) groups excluding carboxylic acids is 1. The number of likely N-dealkylation sites (N-methyl/N-ethyl adjacent to an activating group) is 1. The van der Waals surface area contributed by atoms with E-state index in [0.717, 1.165) is 44.9 Å². The van der Waals surface area contributed by atoms with Crippen molar-refractivity contribution in [1.29, 1.82) is 0 Å². The van der Waals surface area contributed by atoms with Crippen molar-refractivity contribution in [1.82, 2.24) is 0 Å². The second kappa shape index (κ2) is 16.6. The lowest BCUT2D eigenvalue weighted by Gasteiger charge is -2.28. The van der Waals surface area contributed by atoms with Crippen molar-refractivity contribution in [3.05, 3.63) is 24.3 Å². The van der Waals surface area contributed by atoms with Crippen LogP contribution in [0.2, 0.25) is 0 Å². The number of quaternary nitrogens is 1. The van der Waals surface area contributed by atoms with E-state index in [0.29, 0.717) is 17.4 Å². The number of hydrogen-bond donors (Lipinski definition) is 2. The lowest BCUT2D eigenvalue weighted by atomic mass is 10.1. The molecule has 1 unspecified atom stereocenters. The van der Waals surface area contributed by atoms with Crippen molar-refractivity contribution in [3.63, 3.8) is 0 Å². The van der Waals surface area contributed by atoms with Gasteiger partial charge >= 0.3 is 17.9 Å². The van der Waals surface area contributed by atoms with E-state index in [1.807, 2.05) is 33.3 Å². The highest BCUT2D eigenvalue weighted by Gasteiger charge is 2.24. The van der Waals surface area contributed by atoms with E-state index in [4.69, 9.17) is 14.9 Å². The van der Waals surface area contributed by atoms with Gasteiger partial charge < -0.3 is 19.4 Å². The molecule has 0 aromatic rings. The summed E-state index contributed by atoms with van der Waals surface area (Å²) in [5, 5.41) is 17.5. The van der Waals surface area contributed by atoms with E-state index in [9.17, 15) is 14.4 Å². The first-order valence-electron chi connectivity index (χ1n) is 10.8. The number of carboxylic acids is 2. The fourth-order valence-electron chi connectivity index (χ4n) is 2.97. The number of esters is 1. The summed E-state index contributed by atoms with van der Waals surface area (Å²) < 4.78 is 5.87. The minimum absolute atomic E-state index is 0.176. The van der Waals surface area contributed by atoms with Gasteiger partial charge in [0.2, 0.25) is 0 Å². The van der Waals surface area contributed by atoms with Crippen molar-refractivity contribution < 1.29 is 33.8 Å². The first kappa shape index (κ1) is 27.8. The zero-order valence-corrected chi connectivity index (χ0v) is 18.8. The highest BCUT2D eigenvalue weighted by Crippen LogP contribution is 2.09. The molecule has 2 N–H and O–H groups in total. The Morgan fingerprint density at radius 1 is 0.800 bits per heavy atom. The Hall–Kier alpha value is -2.15. The molecule has 172 valence electrons. The topological polar surface area (TPSA) is 101 Å². The van der Waals surface area contributed by atoms with Crippen LogP contribution >= 0.6 is 0 Å². The number of ether oxygens (including phenoxy) is 1. The molecule has 0 amide bonds. The summed E-state index contributed by atoms with van der Waals surface area (Å²) in [5.41, 5.74) is 0. The largest absolute Gasteiger partial charge is 0.481 e. The molecule has 0 aromatic heterocycles. The maximum Gasteiger partial charge on any atom is 0.307 e. The second-order valence-electron chi connectivity index (χ2n) is 8.60. The average molecular weight is 427 g/mol. The molecule has 0 rings (SSSR count). The van der Waals surface area contributed by atoms with Crippen molar-refractivity contribution in [2.24, 2.45) is 0 Å². The van der Waals surface area contributed by atoms with Gasteiger partial charge in [-0.25, -0.2) is 0 Å². The fourth-order valence-corrected chi connectivity index (χ4v) is 2.97. The number of aliphatic carboxylic acids is 2. The van der Waals surface area contributed by atoms with Gasteiger partial charge in [-0.15, -0.1) is 0 Å². The molecule has 0 fully saturated rings. The minimum atomic E-state index is -0.967. The maximum absolute atomic E-state index is 12.0. The Kier molecular flexibility index (Phi) is 15.4. The zero-order chi connectivity index (χ0) is 22.8. The number of unbranched alkanes of at least 4 members (excludes halogenated alkanes) is 5. The van der Waals surface area contributed by atoms with Crippen LogP contribution in [0.3, 0.4) is 0 Å². The molecule has 0 aliphatic rings. The third-order valence-electron chi connectivity index (χ3n) is 4.33. The first-order valence-corrected chi connectivity index (χ1v) is 10.8. The predicted octanol–water partition coefficient (Wildman–Crippen LogP) is 4.18. The van der Waals surface area contributed by atoms with Crippen LogP contribution in [0.25, 0.3) is 0 Å². The molecule has 7 heteroatoms. The standard InChI is InChI=1S/C23H39NO6/c1-24(2,3)19-20(18-22(27)28)30-23(29)17-15-13-11-9-7-5-4-6-8-10-12-14-16-21(25)26/h5,7,11,13,20H,4,6,8-10,12,14-19H2,1-3H3,(H-,25,26,27,28)/p+1/b7-5+,13-11+. The van der Waals surface area contributed by atoms with Crippen LogP contribution in [0.1, 0.15) is 70.6 Å². The molecule has 0 spiro atoms. The summed E-state index contributed by atoms with van der Waals surface area (Å²) in [6, 6.07) is 0. The van der Waals surface area contributed by atoms with Gasteiger partial charge in [-0.05, 0) is 32.1 Å². The van der Waals surface area contributed by atoms with Gasteiger partial charge in [0.15, 0.2) is 6.10 Å². The molecular formula is C23H40NO6+. The Morgan fingerprint density at radius 2 is 1.40 bits per heavy atom. The van der Waals surface area contributed by atoms with E-state index < -0.39 is 18.0 Å². The molecule has 1 atom stereocenters. The summed E-state index contributed by atoms with van der Waals surface area (Å²) in [7, 11) is 5.80. The van der Waals surface area contributed by atoms with Crippen LogP contribution in [0.4, 0.5) is 0 Å². The van der Waals surface area contributed by atoms with Crippen LogP contribution < -0.4 is 0 Å². The number of hydrogen-bond acceptors (Lipinski definition) is 4. The van der Waals surface area contributed by atoms with E-state index in [-0.39, 0.29) is 25.2 Å². The molecule has 0 heterocycles. The zero-order valence-electron chi connectivity index (χ0n) is 18.8. The predicted molar refractivity (Wildman–Crippen MR) is 117 cm³/mol. The van der Waals surface area contributed by atoms with E-state index in [1.165, 1.54) is 0 Å². The third kappa shape index (κ3) is 20.6. The first-order chi connectivity index (χ1) is 14.1. The molecule has 30 heavy (non-hydrogen) atoms. The summed E-state index contributed by atoms with van der Waals surface area (Å²) in [4.78, 5) is 33.3. The van der Waals surface area contributed by atoms with Gasteiger partial charge in [-0.3, -0.25) is 14.4 Å². The van der Waals surface area contributed by atoms with Crippen LogP contribution in [0.5, 0.6) is 0 Å². The molecule has 0 radical (unpaired) electrons. The number of nitrogens with zero attached hydrogens (tertiary/aromatic N) is 1. The Morgan fingerprint density at radius 3 is 2.00 bits per heavy atom. The highest BCUT2D eigenvalue weighted by atomic mass is 16.5. The van der Waals surface area contributed by atoms with Gasteiger partial charge in [0, 0.05) is 12.8 Å². The van der Waals surface area contributed by atoms with Gasteiger partial charge in [0.25, 0.3) is 0 Å². The fraction of sp³-hybridized carbons (Fsp3) is 0.696. The van der Waals surface area contributed by atoms with Crippen molar-refractivity contribution in [2.75, 3.05) is 27.7 Å². The number of allylic oxidation sites excluding steroid dienone is 4. The summed E-state index contributed by atoms with van der Waals surface area (Å²) in [6.07, 6.45) is 15.4. The maximum atomic E-state index is 12.0. The van der Waals surface area contributed by atoms with Crippen LogP contribution in [-0.4, -0.2) is 66.4 Å². The molecule has 0 aliphatic heterocycles. The SMILES string of the molecule is C[N+](C)(C)CC(CC(=O)O)OC(=O)CC/C=C/C/C=C/CCCCCCCC(=O)O. The Bertz CT molecular complexity index is 563. The Labute approximate surface area is 181 Å². The highest BCUT2D eigenvalue weighted by molar-refractivity contribution is 5.71. The summed E-state index contributed by atoms with van der Waals surface area (Å²) in [5.74, 6) is -2.05. The molecular weight excluding hydrogens is 386 g/mol. The van der Waals surface area contributed by atoms with Crippen LogP contribution in [0.15, 0.2) is 24.3 Å². The quantitative estimate of drug-likeness (QED) is 0.148. The van der Waals surface area contributed by atoms with Gasteiger partial charge in [0.05, 0.1) is 27.6 Å². The lowest BCUT2D eigenvalue weighted by molar-refractivity contribution is -0.873. The number of carbonyl (C=O) groups is 3. The monoisotopic (exact) mass is 426 g/mol. The minimum Gasteiger partial charge on any atom is -0.481 e. The molecule has 0 aromatic carbocycles. The number of carboxylic acid groups (broad SMARTS) is 2. The molecule has 0 aliphatic carbocycles. The second-order valence-corrected chi connectivity index (χ2v) is 8.60. The molecule has 7 nitrogen and oxygen atoms in total. The van der Waals surface area contributed by atoms with Crippen molar-refractivity contribution in [3.8, 4) is 0 Å². The van der Waals surface area contributed by atoms with Crippen LogP contribution in [0, 0.1) is 0 Å². The summed E-state index contributed by atoms with van der Waals surface area (Å²) >= 11 is 0. The average Bonchev–Trinajstić information content (AvgIpc) is 2.59. The molecule has 0 bridgehead atoms. The van der Waals surface area contributed by atoms with Crippen molar-refractivity contribution in [2.45, 2.75) is 76.7 Å². The van der Waals surface area contributed by atoms with Gasteiger partial charge in [0.1, 0.15) is 6.54 Å². The molecule has 0 saturated carbocycles. The normalized spacial score (nSPS) is 13.0. The van der Waals surface area contributed by atoms with Gasteiger partial charge in [-0.2, -0.15) is 0 Å². The molecule has 0 saturated heterocycles. The smallest absolute Gasteiger partial charge is 0.307 e. The van der Waals surface area contributed by atoms with E-state index in [1.54, 1.807) is 0 Å². The lowest BCUT2D eigenvalue weighted by Crippen LogP contribution is -2.43. The van der Waals surface area contributed by atoms with E-state index in [2.05, 4.69) is 12.2 Å².